The van der Waals surface area contributed by atoms with Gasteiger partial charge in [-0.3, -0.25) is 4.79 Å². The Morgan fingerprint density at radius 1 is 1.20 bits per heavy atom. The molecule has 0 aliphatic heterocycles. The molecule has 3 rings (SSSR count). The number of anilines is 1. The molecule has 1 aromatic heterocycles. The Morgan fingerprint density at radius 3 is 2.73 bits per heavy atom. The first-order chi connectivity index (χ1) is 14.6. The molecule has 0 saturated heterocycles. The van der Waals surface area contributed by atoms with E-state index in [0.717, 1.165) is 18.7 Å². The number of rotatable bonds is 10. The number of nitrogens with one attached hydrogen (secondary N) is 1. The fourth-order valence-electron chi connectivity index (χ4n) is 2.82. The Morgan fingerprint density at radius 2 is 2.00 bits per heavy atom. The first kappa shape index (κ1) is 22.3. The molecule has 30 heavy (non-hydrogen) atoms. The number of hydrogen-bond donors (Lipinski definition) is 1. The molecule has 0 aliphatic carbocycles. The summed E-state index contributed by atoms with van der Waals surface area (Å²) in [7, 11) is 1.64. The van der Waals surface area contributed by atoms with Crippen molar-refractivity contribution in [3.63, 3.8) is 0 Å². The van der Waals surface area contributed by atoms with Gasteiger partial charge in [0.1, 0.15) is 11.6 Å². The molecule has 0 spiro atoms. The Balaban J connectivity index is 1.61. The van der Waals surface area contributed by atoms with Crippen LogP contribution in [0.5, 0.6) is 0 Å². The minimum Gasteiger partial charge on any atom is -0.383 e. The van der Waals surface area contributed by atoms with Crippen molar-refractivity contribution >= 4 is 35.0 Å². The highest BCUT2D eigenvalue weighted by Crippen LogP contribution is 2.21. The van der Waals surface area contributed by atoms with E-state index in [0.29, 0.717) is 24.0 Å². The van der Waals surface area contributed by atoms with E-state index >= 15 is 0 Å². The number of nitrogens with zero attached hydrogens (tertiary/aromatic N) is 3. The van der Waals surface area contributed by atoms with Crippen molar-refractivity contribution in [2.45, 2.75) is 24.5 Å². The van der Waals surface area contributed by atoms with Crippen LogP contribution in [-0.4, -0.2) is 40.1 Å². The maximum atomic E-state index is 13.2. The summed E-state index contributed by atoms with van der Waals surface area (Å²) in [5, 5.41) is 11.9. The van der Waals surface area contributed by atoms with E-state index in [9.17, 15) is 9.18 Å². The van der Waals surface area contributed by atoms with E-state index in [4.69, 9.17) is 16.3 Å². The summed E-state index contributed by atoms with van der Waals surface area (Å²) in [4.78, 5) is 12.3. The minimum atomic E-state index is -0.529. The van der Waals surface area contributed by atoms with Crippen molar-refractivity contribution in [3.05, 3.63) is 70.8 Å². The molecule has 3 aromatic rings. The molecule has 2 aromatic carbocycles. The van der Waals surface area contributed by atoms with Crippen LogP contribution in [0, 0.1) is 5.82 Å². The van der Waals surface area contributed by atoms with Crippen molar-refractivity contribution in [2.24, 2.45) is 0 Å². The highest BCUT2D eigenvalue weighted by atomic mass is 35.5. The molecule has 0 fully saturated rings. The molecule has 0 saturated carbocycles. The normalized spacial score (nSPS) is 10.9. The molecular weight excluding hydrogens is 427 g/mol. The van der Waals surface area contributed by atoms with Gasteiger partial charge >= 0.3 is 0 Å². The van der Waals surface area contributed by atoms with Gasteiger partial charge in [0.2, 0.25) is 5.91 Å². The van der Waals surface area contributed by atoms with Crippen LogP contribution in [0.1, 0.15) is 11.4 Å². The summed E-state index contributed by atoms with van der Waals surface area (Å²) in [6.45, 7) is 1.12. The van der Waals surface area contributed by atoms with Gasteiger partial charge in [-0.15, -0.1) is 10.2 Å². The summed E-state index contributed by atoms with van der Waals surface area (Å²) in [6.07, 6.45) is 1.59. The largest absolute Gasteiger partial charge is 0.383 e. The zero-order valence-corrected chi connectivity index (χ0v) is 18.0. The van der Waals surface area contributed by atoms with Gasteiger partial charge in [-0.25, -0.2) is 4.39 Å². The van der Waals surface area contributed by atoms with Crippen molar-refractivity contribution in [1.29, 1.82) is 0 Å². The van der Waals surface area contributed by atoms with Crippen molar-refractivity contribution in [2.75, 3.05) is 24.8 Å². The maximum absolute atomic E-state index is 13.2. The third-order valence-electron chi connectivity index (χ3n) is 4.33. The molecule has 1 N–H and O–H groups in total. The minimum absolute atomic E-state index is 0.0391. The Bertz CT molecular complexity index is 984. The monoisotopic (exact) mass is 448 g/mol. The second kappa shape index (κ2) is 11.1. The smallest absolute Gasteiger partial charge is 0.234 e. The number of amides is 1. The fraction of sp³-hybridized carbons (Fsp3) is 0.286. The third-order valence-corrected chi connectivity index (χ3v) is 5.58. The molecule has 1 amide bonds. The van der Waals surface area contributed by atoms with Crippen LogP contribution in [-0.2, 0) is 28.9 Å². The Labute approximate surface area is 183 Å². The van der Waals surface area contributed by atoms with Gasteiger partial charge in [-0.05, 0) is 30.2 Å². The molecule has 158 valence electrons. The fourth-order valence-corrected chi connectivity index (χ4v) is 3.78. The molecular formula is C21H22ClFN4O2S. The van der Waals surface area contributed by atoms with E-state index in [1.54, 1.807) is 7.11 Å². The molecule has 0 unspecified atom stereocenters. The van der Waals surface area contributed by atoms with Gasteiger partial charge in [-0.2, -0.15) is 0 Å². The first-order valence-corrected chi connectivity index (χ1v) is 10.8. The lowest BCUT2D eigenvalue weighted by Gasteiger charge is -2.10. The van der Waals surface area contributed by atoms with E-state index in [2.05, 4.69) is 27.6 Å². The van der Waals surface area contributed by atoms with Crippen LogP contribution in [0.25, 0.3) is 0 Å². The second-order valence-electron chi connectivity index (χ2n) is 6.49. The lowest BCUT2D eigenvalue weighted by atomic mass is 10.1. The predicted octanol–water partition coefficient (Wildman–Crippen LogP) is 4.23. The quantitative estimate of drug-likeness (QED) is 0.470. The van der Waals surface area contributed by atoms with E-state index in [1.165, 1.54) is 35.5 Å². The number of hydrogen-bond acceptors (Lipinski definition) is 5. The lowest BCUT2D eigenvalue weighted by molar-refractivity contribution is -0.113. The number of aryl methyl sites for hydroxylation is 2. The molecule has 0 radical (unpaired) electrons. The molecule has 0 atom stereocenters. The van der Waals surface area contributed by atoms with Crippen LogP contribution in [0.3, 0.4) is 0 Å². The number of aromatic nitrogens is 3. The highest BCUT2D eigenvalue weighted by molar-refractivity contribution is 7.99. The van der Waals surface area contributed by atoms with Crippen LogP contribution in [0.4, 0.5) is 10.1 Å². The molecule has 0 aliphatic rings. The van der Waals surface area contributed by atoms with Crippen LogP contribution < -0.4 is 5.32 Å². The van der Waals surface area contributed by atoms with Crippen LogP contribution >= 0.6 is 23.4 Å². The van der Waals surface area contributed by atoms with E-state index in [1.807, 2.05) is 22.8 Å². The lowest BCUT2D eigenvalue weighted by Crippen LogP contribution is -2.15. The number of methoxy groups -OCH3 is 1. The Kier molecular flexibility index (Phi) is 8.24. The van der Waals surface area contributed by atoms with E-state index < -0.39 is 5.82 Å². The summed E-state index contributed by atoms with van der Waals surface area (Å²) >= 11 is 7.04. The van der Waals surface area contributed by atoms with Gasteiger partial charge in [0, 0.05) is 25.8 Å². The number of benzene rings is 2. The average Bonchev–Trinajstić information content (AvgIpc) is 3.14. The predicted molar refractivity (Wildman–Crippen MR) is 117 cm³/mol. The Hall–Kier alpha value is -2.42. The third kappa shape index (κ3) is 6.29. The number of carbonyl (C=O) groups excluding carboxylic acids is 1. The highest BCUT2D eigenvalue weighted by Gasteiger charge is 2.15. The van der Waals surface area contributed by atoms with Gasteiger partial charge in [-0.1, -0.05) is 53.7 Å². The van der Waals surface area contributed by atoms with Crippen molar-refractivity contribution in [1.82, 2.24) is 14.8 Å². The second-order valence-corrected chi connectivity index (χ2v) is 7.84. The SMILES string of the molecule is COCCn1c(CCc2ccccc2)nnc1SCC(=O)Nc1ccc(F)c(Cl)c1. The molecule has 9 heteroatoms. The van der Waals surface area contributed by atoms with Crippen LogP contribution in [0.2, 0.25) is 5.02 Å². The average molecular weight is 449 g/mol. The van der Waals surface area contributed by atoms with Gasteiger partial charge < -0.3 is 14.6 Å². The summed E-state index contributed by atoms with van der Waals surface area (Å²) in [5.41, 5.74) is 1.67. The van der Waals surface area contributed by atoms with Gasteiger partial charge in [0.15, 0.2) is 5.16 Å². The standard InChI is InChI=1S/C21H22ClFN4O2S/c1-29-12-11-27-19(10-7-15-5-3-2-4-6-15)25-26-21(27)30-14-20(28)24-16-8-9-18(23)17(22)13-16/h2-6,8-9,13H,7,10-12,14H2,1H3,(H,24,28). The van der Waals surface area contributed by atoms with Crippen molar-refractivity contribution in [3.8, 4) is 0 Å². The zero-order chi connectivity index (χ0) is 21.3. The topological polar surface area (TPSA) is 69.0 Å². The van der Waals surface area contributed by atoms with Crippen molar-refractivity contribution < 1.29 is 13.9 Å². The number of ether oxygens (including phenoxy) is 1. The van der Waals surface area contributed by atoms with Crippen LogP contribution in [0.15, 0.2) is 53.7 Å². The van der Waals surface area contributed by atoms with E-state index in [-0.39, 0.29) is 16.7 Å². The van der Waals surface area contributed by atoms with Gasteiger partial charge in [0.05, 0.1) is 17.4 Å². The van der Waals surface area contributed by atoms with Gasteiger partial charge in [0.25, 0.3) is 0 Å². The maximum Gasteiger partial charge on any atom is 0.234 e. The summed E-state index contributed by atoms with van der Waals surface area (Å²) < 4.78 is 20.4. The molecule has 0 bridgehead atoms. The first-order valence-electron chi connectivity index (χ1n) is 9.39. The number of carbonyl (C=O) groups is 1. The number of thioether (sulfide) groups is 1. The summed E-state index contributed by atoms with van der Waals surface area (Å²) in [5.74, 6) is 0.218. The zero-order valence-electron chi connectivity index (χ0n) is 16.5. The molecule has 1 heterocycles. The number of halogens is 2. The summed E-state index contributed by atoms with van der Waals surface area (Å²) in [6, 6.07) is 14.2. The molecule has 6 nitrogen and oxygen atoms in total.